The molecule has 2 N–H and O–H groups in total. The zero-order chi connectivity index (χ0) is 22.6. The molecule has 0 aliphatic carbocycles. The number of anilines is 1. The Labute approximate surface area is 180 Å². The minimum absolute atomic E-state index is 0.00250. The molecule has 2 heterocycles. The Morgan fingerprint density at radius 1 is 1.13 bits per heavy atom. The monoisotopic (exact) mass is 450 g/mol. The molecule has 0 spiro atoms. The molecule has 1 aliphatic rings. The van der Waals surface area contributed by atoms with Crippen molar-refractivity contribution < 1.29 is 27.5 Å². The predicted molar refractivity (Wildman–Crippen MR) is 113 cm³/mol. The van der Waals surface area contributed by atoms with Gasteiger partial charge in [-0.05, 0) is 32.4 Å². The minimum atomic E-state index is -3.34. The van der Waals surface area contributed by atoms with Crippen molar-refractivity contribution in [1.82, 2.24) is 15.1 Å². The van der Waals surface area contributed by atoms with Crippen LogP contribution in [0.5, 0.6) is 0 Å². The third kappa shape index (κ3) is 5.30. The number of hydrogen-bond acceptors (Lipinski definition) is 7. The fourth-order valence-electron chi connectivity index (χ4n) is 3.30. The number of aromatic nitrogens is 2. The average molecular weight is 451 g/mol. The zero-order valence-electron chi connectivity index (χ0n) is 17.7. The maximum absolute atomic E-state index is 12.6. The van der Waals surface area contributed by atoms with Gasteiger partial charge in [-0.2, -0.15) is 5.10 Å². The maximum atomic E-state index is 12.6. The normalized spacial score (nSPS) is 14.5. The van der Waals surface area contributed by atoms with Crippen LogP contribution in [0.25, 0.3) is 5.69 Å². The van der Waals surface area contributed by atoms with Gasteiger partial charge in [0.25, 0.3) is 0 Å². The summed E-state index contributed by atoms with van der Waals surface area (Å²) in [4.78, 5) is 24.9. The fourth-order valence-corrected chi connectivity index (χ4v) is 4.80. The number of amides is 2. The second kappa shape index (κ2) is 9.58. The first-order chi connectivity index (χ1) is 14.8. The summed E-state index contributed by atoms with van der Waals surface area (Å²) in [5, 5.41) is 9.42. The highest BCUT2D eigenvalue weighted by Crippen LogP contribution is 2.33. The highest BCUT2D eigenvalue weighted by atomic mass is 32.2. The molecular weight excluding hydrogens is 424 g/mol. The van der Waals surface area contributed by atoms with Crippen LogP contribution in [0.3, 0.4) is 0 Å². The Kier molecular flexibility index (Phi) is 7.08. The molecule has 1 aliphatic heterocycles. The standard InChI is InChI=1S/C20H26N4O6S/c1-4-29-17(30-5-2)10-21-19(25)20(26)22-18-14-11-31(27,28)12-15(14)23-24(18)16-9-7-6-8-13(16)3/h6-9,17H,4-5,10-12H2,1-3H3,(H,21,25)(H,22,26). The number of carbonyl (C=O) groups excluding carboxylic acids is 2. The molecule has 1 aromatic carbocycles. The number of benzene rings is 1. The van der Waals surface area contributed by atoms with Crippen molar-refractivity contribution in [2.75, 3.05) is 25.1 Å². The molecule has 0 unspecified atom stereocenters. The van der Waals surface area contributed by atoms with E-state index >= 15 is 0 Å². The zero-order valence-corrected chi connectivity index (χ0v) is 18.5. The first-order valence-electron chi connectivity index (χ1n) is 9.95. The molecule has 0 saturated carbocycles. The third-order valence-electron chi connectivity index (χ3n) is 4.70. The summed E-state index contributed by atoms with van der Waals surface area (Å²) < 4.78 is 36.3. The number of fused-ring (bicyclic) bond motifs is 1. The van der Waals surface area contributed by atoms with Crippen LogP contribution in [-0.4, -0.2) is 56.1 Å². The van der Waals surface area contributed by atoms with Gasteiger partial charge in [-0.15, -0.1) is 0 Å². The number of carbonyl (C=O) groups is 2. The maximum Gasteiger partial charge on any atom is 0.314 e. The van der Waals surface area contributed by atoms with Gasteiger partial charge in [0.2, 0.25) is 0 Å². The molecule has 2 amide bonds. The number of aryl methyl sites for hydroxylation is 1. The van der Waals surface area contributed by atoms with Crippen LogP contribution in [0.2, 0.25) is 0 Å². The SMILES string of the molecule is CCOC(CNC(=O)C(=O)Nc1c2c(nn1-c1ccccc1C)CS(=O)(=O)C2)OCC. The third-order valence-corrected chi connectivity index (χ3v) is 6.15. The van der Waals surface area contributed by atoms with E-state index in [0.717, 1.165) is 5.56 Å². The summed E-state index contributed by atoms with van der Waals surface area (Å²) in [7, 11) is -3.34. The quantitative estimate of drug-likeness (QED) is 0.455. The first-order valence-corrected chi connectivity index (χ1v) is 11.8. The molecule has 11 heteroatoms. The van der Waals surface area contributed by atoms with Crippen molar-refractivity contribution in [3.63, 3.8) is 0 Å². The highest BCUT2D eigenvalue weighted by Gasteiger charge is 2.34. The molecule has 0 saturated heterocycles. The van der Waals surface area contributed by atoms with E-state index in [-0.39, 0.29) is 23.9 Å². The lowest BCUT2D eigenvalue weighted by molar-refractivity contribution is -0.145. The number of rotatable bonds is 8. The summed E-state index contributed by atoms with van der Waals surface area (Å²) in [6.45, 7) is 6.24. The van der Waals surface area contributed by atoms with Gasteiger partial charge < -0.3 is 20.1 Å². The second-order valence-electron chi connectivity index (χ2n) is 7.01. The topological polar surface area (TPSA) is 129 Å². The van der Waals surface area contributed by atoms with Crippen molar-refractivity contribution in [2.24, 2.45) is 0 Å². The van der Waals surface area contributed by atoms with E-state index in [1.54, 1.807) is 19.9 Å². The first kappa shape index (κ1) is 22.9. The largest absolute Gasteiger partial charge is 0.351 e. The molecule has 0 bridgehead atoms. The van der Waals surface area contributed by atoms with Crippen molar-refractivity contribution >= 4 is 27.5 Å². The van der Waals surface area contributed by atoms with Crippen molar-refractivity contribution in [1.29, 1.82) is 0 Å². The van der Waals surface area contributed by atoms with Crippen LogP contribution in [0.1, 0.15) is 30.7 Å². The van der Waals surface area contributed by atoms with E-state index < -0.39 is 27.9 Å². The smallest absolute Gasteiger partial charge is 0.314 e. The van der Waals surface area contributed by atoms with Crippen molar-refractivity contribution in [3.8, 4) is 5.69 Å². The van der Waals surface area contributed by atoms with Crippen molar-refractivity contribution in [2.45, 2.75) is 38.6 Å². The average Bonchev–Trinajstić information content (AvgIpc) is 3.19. The molecule has 0 fully saturated rings. The fraction of sp³-hybridized carbons (Fsp3) is 0.450. The molecule has 10 nitrogen and oxygen atoms in total. The molecule has 0 atom stereocenters. The van der Waals surface area contributed by atoms with Crippen LogP contribution < -0.4 is 10.6 Å². The highest BCUT2D eigenvalue weighted by molar-refractivity contribution is 7.90. The summed E-state index contributed by atoms with van der Waals surface area (Å²) in [6.07, 6.45) is -0.668. The summed E-state index contributed by atoms with van der Waals surface area (Å²) in [5.74, 6) is -2.11. The van der Waals surface area contributed by atoms with Crippen molar-refractivity contribution in [3.05, 3.63) is 41.1 Å². The summed E-state index contributed by atoms with van der Waals surface area (Å²) >= 11 is 0. The molecule has 1 aromatic heterocycles. The van der Waals surface area contributed by atoms with Crippen LogP contribution >= 0.6 is 0 Å². The molecule has 0 radical (unpaired) electrons. The molecule has 31 heavy (non-hydrogen) atoms. The number of para-hydroxylation sites is 1. The summed E-state index contributed by atoms with van der Waals surface area (Å²) in [6, 6.07) is 7.35. The number of nitrogens with zero attached hydrogens (tertiary/aromatic N) is 2. The van der Waals surface area contributed by atoms with E-state index in [4.69, 9.17) is 9.47 Å². The number of hydrogen-bond donors (Lipinski definition) is 2. The molecular formula is C20H26N4O6S. The van der Waals surface area contributed by atoms with Crippen LogP contribution in [0, 0.1) is 6.92 Å². The van der Waals surface area contributed by atoms with Gasteiger partial charge in [0.05, 0.1) is 29.4 Å². The Balaban J connectivity index is 1.82. The van der Waals surface area contributed by atoms with E-state index in [1.165, 1.54) is 4.68 Å². The van der Waals surface area contributed by atoms with Gasteiger partial charge in [0.15, 0.2) is 16.1 Å². The lowest BCUT2D eigenvalue weighted by Gasteiger charge is -2.17. The minimum Gasteiger partial charge on any atom is -0.351 e. The molecule has 2 aromatic rings. The Morgan fingerprint density at radius 3 is 2.45 bits per heavy atom. The van der Waals surface area contributed by atoms with Gasteiger partial charge in [-0.1, -0.05) is 18.2 Å². The van der Waals surface area contributed by atoms with Gasteiger partial charge in [-0.3, -0.25) is 9.59 Å². The van der Waals surface area contributed by atoms with Gasteiger partial charge in [0.1, 0.15) is 5.82 Å². The Bertz CT molecular complexity index is 1070. The van der Waals surface area contributed by atoms with Gasteiger partial charge in [-0.25, -0.2) is 13.1 Å². The molecule has 3 rings (SSSR count). The number of nitrogens with one attached hydrogen (secondary N) is 2. The molecule has 168 valence electrons. The predicted octanol–water partition coefficient (Wildman–Crippen LogP) is 1.06. The van der Waals surface area contributed by atoms with E-state index in [1.807, 2.05) is 25.1 Å². The summed E-state index contributed by atoms with van der Waals surface area (Å²) in [5.41, 5.74) is 2.32. The van der Waals surface area contributed by atoms with E-state index in [2.05, 4.69) is 15.7 Å². The number of sulfone groups is 1. The van der Waals surface area contributed by atoms with Gasteiger partial charge >= 0.3 is 11.8 Å². The van der Waals surface area contributed by atoms with E-state index in [0.29, 0.717) is 30.2 Å². The van der Waals surface area contributed by atoms with Crippen LogP contribution in [-0.2, 0) is 40.4 Å². The van der Waals surface area contributed by atoms with Gasteiger partial charge in [0, 0.05) is 18.8 Å². The Hall–Kier alpha value is -2.76. The van der Waals surface area contributed by atoms with Crippen LogP contribution in [0.15, 0.2) is 24.3 Å². The lowest BCUT2D eigenvalue weighted by atomic mass is 10.2. The second-order valence-corrected chi connectivity index (χ2v) is 9.07. The van der Waals surface area contributed by atoms with Crippen LogP contribution in [0.4, 0.5) is 5.82 Å². The lowest BCUT2D eigenvalue weighted by Crippen LogP contribution is -2.41. The Morgan fingerprint density at radius 2 is 1.81 bits per heavy atom. The number of ether oxygens (including phenoxy) is 2. The van der Waals surface area contributed by atoms with E-state index in [9.17, 15) is 18.0 Å².